The maximum Gasteiger partial charge on any atom is 0.407 e. The van der Waals surface area contributed by atoms with Gasteiger partial charge in [-0.2, -0.15) is 0 Å². The van der Waals surface area contributed by atoms with Gasteiger partial charge in [0.25, 0.3) is 0 Å². The fraction of sp³-hybridized carbons (Fsp3) is 0.333. The topological polar surface area (TPSA) is 87.7 Å². The van der Waals surface area contributed by atoms with Crippen LogP contribution < -0.4 is 10.6 Å². The first-order valence-electron chi connectivity index (χ1n) is 9.18. The molecular weight excluding hydrogens is 344 g/mol. The molecule has 2 aromatic carbocycles. The summed E-state index contributed by atoms with van der Waals surface area (Å²) in [5, 5.41) is 14.8. The molecule has 27 heavy (non-hydrogen) atoms. The number of fused-ring (bicyclic) bond motifs is 3. The van der Waals surface area contributed by atoms with Gasteiger partial charge in [0.2, 0.25) is 0 Å². The lowest BCUT2D eigenvalue weighted by atomic mass is 9.98. The highest BCUT2D eigenvalue weighted by molar-refractivity contribution is 5.79. The van der Waals surface area contributed by atoms with Gasteiger partial charge in [-0.25, -0.2) is 4.79 Å². The lowest BCUT2D eigenvalue weighted by Gasteiger charge is -2.16. The van der Waals surface area contributed by atoms with Crippen molar-refractivity contribution in [2.24, 2.45) is 0 Å². The lowest BCUT2D eigenvalue weighted by molar-refractivity contribution is -0.137. The summed E-state index contributed by atoms with van der Waals surface area (Å²) >= 11 is 0. The molecule has 140 valence electrons. The van der Waals surface area contributed by atoms with E-state index >= 15 is 0 Å². The van der Waals surface area contributed by atoms with Crippen LogP contribution in [0.4, 0.5) is 4.79 Å². The summed E-state index contributed by atoms with van der Waals surface area (Å²) in [6.45, 7) is 0.834. The zero-order chi connectivity index (χ0) is 18.8. The number of alkyl carbamates (subject to hydrolysis) is 1. The first-order chi connectivity index (χ1) is 13.1. The minimum absolute atomic E-state index is 0.0320. The quantitative estimate of drug-likeness (QED) is 0.757. The predicted octanol–water partition coefficient (Wildman–Crippen LogP) is 2.73. The van der Waals surface area contributed by atoms with Gasteiger partial charge in [0, 0.05) is 24.5 Å². The zero-order valence-corrected chi connectivity index (χ0v) is 14.9. The van der Waals surface area contributed by atoms with E-state index < -0.39 is 12.1 Å². The van der Waals surface area contributed by atoms with E-state index in [0.29, 0.717) is 13.0 Å². The Morgan fingerprint density at radius 3 is 2.33 bits per heavy atom. The first-order valence-corrected chi connectivity index (χ1v) is 9.18. The van der Waals surface area contributed by atoms with Crippen LogP contribution in [0.2, 0.25) is 0 Å². The normalized spacial score (nSPS) is 20.7. The van der Waals surface area contributed by atoms with Gasteiger partial charge in [0.1, 0.15) is 6.61 Å². The molecule has 0 bridgehead atoms. The average molecular weight is 366 g/mol. The minimum Gasteiger partial charge on any atom is -0.481 e. The highest BCUT2D eigenvalue weighted by Crippen LogP contribution is 2.44. The number of hydrogen-bond acceptors (Lipinski definition) is 4. The maximum atomic E-state index is 12.2. The van der Waals surface area contributed by atoms with Crippen LogP contribution in [0.25, 0.3) is 11.1 Å². The lowest BCUT2D eigenvalue weighted by Crippen LogP contribution is -2.37. The number of carbonyl (C=O) groups is 2. The summed E-state index contributed by atoms with van der Waals surface area (Å²) in [6.07, 6.45) is 0.193. The van der Waals surface area contributed by atoms with E-state index in [0.717, 1.165) is 0 Å². The van der Waals surface area contributed by atoms with Crippen molar-refractivity contribution in [1.29, 1.82) is 0 Å². The summed E-state index contributed by atoms with van der Waals surface area (Å²) in [7, 11) is 0. The molecule has 4 rings (SSSR count). The van der Waals surface area contributed by atoms with Crippen LogP contribution in [0.15, 0.2) is 48.5 Å². The Balaban J connectivity index is 1.37. The smallest absolute Gasteiger partial charge is 0.407 e. The largest absolute Gasteiger partial charge is 0.481 e. The van der Waals surface area contributed by atoms with Crippen molar-refractivity contribution in [3.8, 4) is 11.1 Å². The van der Waals surface area contributed by atoms with Gasteiger partial charge in [0.05, 0.1) is 6.42 Å². The van der Waals surface area contributed by atoms with E-state index in [1.54, 1.807) is 0 Å². The van der Waals surface area contributed by atoms with E-state index in [2.05, 4.69) is 34.9 Å². The molecule has 6 nitrogen and oxygen atoms in total. The number of amides is 1. The maximum absolute atomic E-state index is 12.2. The molecule has 1 fully saturated rings. The molecule has 1 amide bonds. The summed E-state index contributed by atoms with van der Waals surface area (Å²) in [6, 6.07) is 16.2. The number of carboxylic acid groups (broad SMARTS) is 1. The summed E-state index contributed by atoms with van der Waals surface area (Å²) < 4.78 is 5.52. The summed E-state index contributed by atoms with van der Waals surface area (Å²) in [4.78, 5) is 23.0. The van der Waals surface area contributed by atoms with E-state index in [1.165, 1.54) is 22.3 Å². The molecule has 1 aliphatic carbocycles. The zero-order valence-electron chi connectivity index (χ0n) is 14.9. The molecule has 6 heteroatoms. The Bertz CT molecular complexity index is 821. The van der Waals surface area contributed by atoms with E-state index in [9.17, 15) is 9.59 Å². The van der Waals surface area contributed by atoms with E-state index in [4.69, 9.17) is 9.84 Å². The van der Waals surface area contributed by atoms with Crippen LogP contribution in [0.3, 0.4) is 0 Å². The molecule has 3 N–H and O–H groups in total. The fourth-order valence-electron chi connectivity index (χ4n) is 4.10. The number of ether oxygens (including phenoxy) is 1. The molecule has 2 atom stereocenters. The van der Waals surface area contributed by atoms with Gasteiger partial charge < -0.3 is 20.5 Å². The monoisotopic (exact) mass is 366 g/mol. The van der Waals surface area contributed by atoms with Crippen molar-refractivity contribution < 1.29 is 19.4 Å². The highest BCUT2D eigenvalue weighted by atomic mass is 16.5. The van der Waals surface area contributed by atoms with Gasteiger partial charge >= 0.3 is 12.1 Å². The van der Waals surface area contributed by atoms with Gasteiger partial charge in [-0.05, 0) is 28.7 Å². The molecule has 1 saturated heterocycles. The molecule has 2 aromatic rings. The second kappa shape index (κ2) is 7.40. The number of carbonyl (C=O) groups excluding carboxylic acids is 1. The molecule has 1 heterocycles. The SMILES string of the molecule is O=C(O)C[C@@H]1C[C@H](NC(=O)OCC2c3ccccc3-c3ccccc32)CN1. The third-order valence-electron chi connectivity index (χ3n) is 5.31. The van der Waals surface area contributed by atoms with E-state index in [-0.39, 0.29) is 31.0 Å². The number of aliphatic carboxylic acids is 1. The van der Waals surface area contributed by atoms with Gasteiger partial charge in [-0.15, -0.1) is 0 Å². The van der Waals surface area contributed by atoms with Crippen molar-refractivity contribution in [2.75, 3.05) is 13.2 Å². The molecule has 0 unspecified atom stereocenters. The van der Waals surface area contributed by atoms with Crippen molar-refractivity contribution in [3.05, 3.63) is 59.7 Å². The predicted molar refractivity (Wildman–Crippen MR) is 101 cm³/mol. The second-order valence-corrected chi connectivity index (χ2v) is 7.11. The van der Waals surface area contributed by atoms with Crippen LogP contribution >= 0.6 is 0 Å². The van der Waals surface area contributed by atoms with Gasteiger partial charge in [-0.3, -0.25) is 4.79 Å². The molecule has 0 saturated carbocycles. The molecule has 0 radical (unpaired) electrons. The Morgan fingerprint density at radius 1 is 1.07 bits per heavy atom. The van der Waals surface area contributed by atoms with Crippen LogP contribution in [0.1, 0.15) is 29.9 Å². The first kappa shape index (κ1) is 17.5. The third-order valence-corrected chi connectivity index (χ3v) is 5.31. The fourth-order valence-corrected chi connectivity index (χ4v) is 4.10. The van der Waals surface area contributed by atoms with Crippen LogP contribution in [0, 0.1) is 0 Å². The van der Waals surface area contributed by atoms with Gasteiger partial charge in [0.15, 0.2) is 0 Å². The molecule has 1 aliphatic heterocycles. The van der Waals surface area contributed by atoms with Gasteiger partial charge in [-0.1, -0.05) is 48.5 Å². The van der Waals surface area contributed by atoms with Crippen molar-refractivity contribution >= 4 is 12.1 Å². The number of hydrogen-bond donors (Lipinski definition) is 3. The Morgan fingerprint density at radius 2 is 1.70 bits per heavy atom. The number of nitrogens with one attached hydrogen (secondary N) is 2. The van der Waals surface area contributed by atoms with Crippen LogP contribution in [-0.2, 0) is 9.53 Å². The number of benzene rings is 2. The second-order valence-electron chi connectivity index (χ2n) is 7.11. The standard InChI is InChI=1S/C21H22N2O4/c24-20(25)10-13-9-14(11-22-13)23-21(26)27-12-19-17-7-3-1-5-15(17)16-6-2-4-8-18(16)19/h1-8,13-14,19,22H,9-12H2,(H,23,26)(H,24,25)/t13-,14-/m0/s1. The highest BCUT2D eigenvalue weighted by Gasteiger charge is 2.30. The van der Waals surface area contributed by atoms with Crippen molar-refractivity contribution in [1.82, 2.24) is 10.6 Å². The molecule has 0 spiro atoms. The minimum atomic E-state index is -0.839. The van der Waals surface area contributed by atoms with Crippen molar-refractivity contribution in [2.45, 2.75) is 30.8 Å². The number of carboxylic acids is 1. The van der Waals surface area contributed by atoms with Crippen molar-refractivity contribution in [3.63, 3.8) is 0 Å². The Kier molecular flexibility index (Phi) is 4.81. The third kappa shape index (κ3) is 3.66. The Labute approximate surface area is 157 Å². The van der Waals surface area contributed by atoms with Crippen LogP contribution in [0.5, 0.6) is 0 Å². The number of rotatable bonds is 5. The molecule has 2 aliphatic rings. The average Bonchev–Trinajstić information content (AvgIpc) is 3.21. The Hall–Kier alpha value is -2.86. The molecule has 0 aromatic heterocycles. The summed E-state index contributed by atoms with van der Waals surface area (Å²) in [5.41, 5.74) is 4.74. The van der Waals surface area contributed by atoms with Crippen LogP contribution in [-0.4, -0.2) is 42.4 Å². The molecular formula is C21H22N2O4. The van der Waals surface area contributed by atoms with E-state index in [1.807, 2.05) is 24.3 Å². The summed E-state index contributed by atoms with van der Waals surface area (Å²) in [5.74, 6) is -0.807.